The van der Waals surface area contributed by atoms with Gasteiger partial charge in [-0.3, -0.25) is 4.79 Å². The van der Waals surface area contributed by atoms with Crippen molar-refractivity contribution in [3.8, 4) is 0 Å². The van der Waals surface area contributed by atoms with Crippen molar-refractivity contribution in [2.45, 2.75) is 12.6 Å². The number of nitrogens with zero attached hydrogens (tertiary/aromatic N) is 1. The number of hydrogen-bond donors (Lipinski definition) is 0. The molecule has 1 aliphatic heterocycles. The smallest absolute Gasteiger partial charge is 0.257 e. The highest BCUT2D eigenvalue weighted by molar-refractivity contribution is 9.10. The summed E-state index contributed by atoms with van der Waals surface area (Å²) in [6.45, 7) is 0.167. The summed E-state index contributed by atoms with van der Waals surface area (Å²) in [5, 5.41) is 0. The zero-order chi connectivity index (χ0) is 12.6. The van der Waals surface area contributed by atoms with E-state index in [1.54, 1.807) is 0 Å². The normalized spacial score (nSPS) is 19.8. The van der Waals surface area contributed by atoms with Crippen LogP contribution in [0.2, 0.25) is 0 Å². The molecule has 0 aromatic heterocycles. The molecule has 1 atom stereocenters. The highest BCUT2D eigenvalue weighted by Crippen LogP contribution is 2.22. The van der Waals surface area contributed by atoms with Gasteiger partial charge in [0.2, 0.25) is 0 Å². The topological polar surface area (TPSA) is 20.3 Å². The highest BCUT2D eigenvalue weighted by Gasteiger charge is 2.29. The molecule has 0 bridgehead atoms. The molecule has 1 fully saturated rings. The lowest BCUT2D eigenvalue weighted by Crippen LogP contribution is -2.29. The average molecular weight is 308 g/mol. The van der Waals surface area contributed by atoms with Gasteiger partial charge in [-0.25, -0.2) is 13.2 Å². The maximum absolute atomic E-state index is 13.4. The second kappa shape index (κ2) is 4.68. The second-order valence-electron chi connectivity index (χ2n) is 3.89. The van der Waals surface area contributed by atoms with E-state index in [0.717, 1.165) is 6.07 Å². The van der Waals surface area contributed by atoms with Crippen LogP contribution in [0.1, 0.15) is 16.8 Å². The molecule has 17 heavy (non-hydrogen) atoms. The minimum atomic E-state index is -1.19. The first kappa shape index (κ1) is 12.4. The molecule has 92 valence electrons. The zero-order valence-electron chi connectivity index (χ0n) is 8.72. The van der Waals surface area contributed by atoms with E-state index in [2.05, 4.69) is 15.9 Å². The van der Waals surface area contributed by atoms with Crippen molar-refractivity contribution in [1.82, 2.24) is 4.90 Å². The Balaban J connectivity index is 2.31. The Bertz CT molecular complexity index is 466. The number of hydrogen-bond acceptors (Lipinski definition) is 1. The van der Waals surface area contributed by atoms with Crippen molar-refractivity contribution >= 4 is 21.8 Å². The third kappa shape index (κ3) is 2.46. The fourth-order valence-electron chi connectivity index (χ4n) is 1.78. The first-order valence-electron chi connectivity index (χ1n) is 5.07. The predicted octanol–water partition coefficient (Wildman–Crippen LogP) is 2.91. The SMILES string of the molecule is O=C(c1cc(Br)cc(F)c1F)N1CC[C@H](F)C1. The van der Waals surface area contributed by atoms with Crippen molar-refractivity contribution in [1.29, 1.82) is 0 Å². The van der Waals surface area contributed by atoms with Gasteiger partial charge in [-0.2, -0.15) is 0 Å². The molecule has 1 amide bonds. The van der Waals surface area contributed by atoms with Gasteiger partial charge in [-0.1, -0.05) is 15.9 Å². The van der Waals surface area contributed by atoms with Crippen LogP contribution in [0.4, 0.5) is 13.2 Å². The van der Waals surface area contributed by atoms with Crippen LogP contribution in [0.25, 0.3) is 0 Å². The Hall–Kier alpha value is -1.04. The number of carbonyl (C=O) groups excluding carboxylic acids is 1. The van der Waals surface area contributed by atoms with Gasteiger partial charge < -0.3 is 4.90 Å². The number of alkyl halides is 1. The molecule has 2 rings (SSSR count). The summed E-state index contributed by atoms with van der Waals surface area (Å²) >= 11 is 2.98. The van der Waals surface area contributed by atoms with Crippen LogP contribution in [-0.4, -0.2) is 30.1 Å². The molecule has 1 aromatic rings. The summed E-state index contributed by atoms with van der Waals surface area (Å²) in [6, 6.07) is 2.14. The molecule has 1 heterocycles. The summed E-state index contributed by atoms with van der Waals surface area (Å²) in [6.07, 6.45) is -0.844. The minimum absolute atomic E-state index is 0.0631. The van der Waals surface area contributed by atoms with Crippen LogP contribution in [0.5, 0.6) is 0 Å². The standard InChI is InChI=1S/C11H9BrF3NO/c12-6-3-8(10(15)9(14)4-6)11(17)16-2-1-7(13)5-16/h3-4,7H,1-2,5H2/t7-/m0/s1. The molecule has 0 radical (unpaired) electrons. The molecule has 0 unspecified atom stereocenters. The van der Waals surface area contributed by atoms with Crippen molar-refractivity contribution in [3.63, 3.8) is 0 Å². The van der Waals surface area contributed by atoms with Gasteiger partial charge >= 0.3 is 0 Å². The second-order valence-corrected chi connectivity index (χ2v) is 4.80. The van der Waals surface area contributed by atoms with E-state index < -0.39 is 23.7 Å². The van der Waals surface area contributed by atoms with E-state index in [-0.39, 0.29) is 29.5 Å². The monoisotopic (exact) mass is 307 g/mol. The third-order valence-corrected chi connectivity index (χ3v) is 3.10. The summed E-state index contributed by atoms with van der Waals surface area (Å²) in [5.74, 6) is -2.97. The lowest BCUT2D eigenvalue weighted by Gasteiger charge is -2.15. The van der Waals surface area contributed by atoms with Gasteiger partial charge in [-0.15, -0.1) is 0 Å². The molecule has 2 nitrogen and oxygen atoms in total. The van der Waals surface area contributed by atoms with Crippen LogP contribution < -0.4 is 0 Å². The van der Waals surface area contributed by atoms with Crippen LogP contribution in [0, 0.1) is 11.6 Å². The largest absolute Gasteiger partial charge is 0.336 e. The summed E-state index contributed by atoms with van der Waals surface area (Å²) in [4.78, 5) is 13.0. The molecule has 6 heteroatoms. The predicted molar refractivity (Wildman–Crippen MR) is 59.5 cm³/mol. The number of likely N-dealkylation sites (tertiary alicyclic amines) is 1. The van der Waals surface area contributed by atoms with E-state index in [4.69, 9.17) is 0 Å². The average Bonchev–Trinajstić information content (AvgIpc) is 2.69. The van der Waals surface area contributed by atoms with E-state index in [9.17, 15) is 18.0 Å². The fourth-order valence-corrected chi connectivity index (χ4v) is 2.21. The van der Waals surface area contributed by atoms with Crippen LogP contribution in [0.15, 0.2) is 16.6 Å². The van der Waals surface area contributed by atoms with Gasteiger partial charge in [0.05, 0.1) is 12.1 Å². The first-order valence-corrected chi connectivity index (χ1v) is 5.86. The van der Waals surface area contributed by atoms with E-state index >= 15 is 0 Å². The van der Waals surface area contributed by atoms with Crippen LogP contribution in [0.3, 0.4) is 0 Å². The van der Waals surface area contributed by atoms with Gasteiger partial charge in [0.25, 0.3) is 5.91 Å². The zero-order valence-corrected chi connectivity index (χ0v) is 10.3. The maximum Gasteiger partial charge on any atom is 0.257 e. The Labute approximate surface area is 105 Å². The minimum Gasteiger partial charge on any atom is -0.336 e. The number of halogens is 4. The molecule has 0 spiro atoms. The molecule has 1 aromatic carbocycles. The van der Waals surface area contributed by atoms with Crippen molar-refractivity contribution < 1.29 is 18.0 Å². The van der Waals surface area contributed by atoms with Crippen molar-refractivity contribution in [2.75, 3.05) is 13.1 Å². The molecule has 1 aliphatic rings. The van der Waals surface area contributed by atoms with Gasteiger partial charge in [0.1, 0.15) is 6.17 Å². The van der Waals surface area contributed by atoms with Crippen LogP contribution in [-0.2, 0) is 0 Å². The molecule has 0 saturated carbocycles. The van der Waals surface area contributed by atoms with E-state index in [0.29, 0.717) is 0 Å². The Morgan fingerprint density at radius 2 is 2.12 bits per heavy atom. The van der Waals surface area contributed by atoms with Crippen molar-refractivity contribution in [2.24, 2.45) is 0 Å². The van der Waals surface area contributed by atoms with Gasteiger partial charge in [0, 0.05) is 11.0 Å². The number of rotatable bonds is 1. The lowest BCUT2D eigenvalue weighted by molar-refractivity contribution is 0.0777. The fraction of sp³-hybridized carbons (Fsp3) is 0.364. The molecule has 1 saturated heterocycles. The van der Waals surface area contributed by atoms with E-state index in [1.807, 2.05) is 0 Å². The van der Waals surface area contributed by atoms with Gasteiger partial charge in [-0.05, 0) is 18.6 Å². The first-order chi connectivity index (χ1) is 7.99. The molecule has 0 aliphatic carbocycles. The Morgan fingerprint density at radius 3 is 2.71 bits per heavy atom. The quantitative estimate of drug-likeness (QED) is 0.731. The third-order valence-electron chi connectivity index (χ3n) is 2.64. The number of amides is 1. The maximum atomic E-state index is 13.4. The molecule has 0 N–H and O–H groups in total. The summed E-state index contributed by atoms with van der Waals surface area (Å²) in [7, 11) is 0. The van der Waals surface area contributed by atoms with E-state index in [1.165, 1.54) is 11.0 Å². The summed E-state index contributed by atoms with van der Waals surface area (Å²) < 4.78 is 39.8. The number of benzene rings is 1. The molecular formula is C11H9BrF3NO. The Morgan fingerprint density at radius 1 is 1.41 bits per heavy atom. The van der Waals surface area contributed by atoms with Gasteiger partial charge in [0.15, 0.2) is 11.6 Å². The summed E-state index contributed by atoms with van der Waals surface area (Å²) in [5.41, 5.74) is -0.369. The van der Waals surface area contributed by atoms with Crippen LogP contribution >= 0.6 is 15.9 Å². The van der Waals surface area contributed by atoms with Crippen molar-refractivity contribution in [3.05, 3.63) is 33.8 Å². The number of carbonyl (C=O) groups is 1. The lowest BCUT2D eigenvalue weighted by atomic mass is 10.2. The molecular weight excluding hydrogens is 299 g/mol. The highest BCUT2D eigenvalue weighted by atomic mass is 79.9. The Kier molecular flexibility index (Phi) is 3.42.